The van der Waals surface area contributed by atoms with Gasteiger partial charge in [-0.15, -0.1) is 0 Å². The third-order valence-electron chi connectivity index (χ3n) is 5.74. The van der Waals surface area contributed by atoms with Gasteiger partial charge in [0.05, 0.1) is 47.9 Å². The highest BCUT2D eigenvalue weighted by Crippen LogP contribution is 2.24. The van der Waals surface area contributed by atoms with Crippen LogP contribution < -0.4 is 15.8 Å². The van der Waals surface area contributed by atoms with Crippen LogP contribution in [0.25, 0.3) is 0 Å². The lowest BCUT2D eigenvalue weighted by molar-refractivity contribution is -0.134. The van der Waals surface area contributed by atoms with E-state index in [2.05, 4.69) is 30.4 Å². The SMILES string of the molecule is Cc1c(NC[C@@H]2CC[C@H](CC(=O)N3CCN(c4ncc(Cl)cn4)CC3)O2)cn[nH]c1=O. The monoisotopic (exact) mass is 447 g/mol. The van der Waals surface area contributed by atoms with Crippen molar-refractivity contribution < 1.29 is 9.53 Å². The van der Waals surface area contributed by atoms with Crippen LogP contribution in [0.3, 0.4) is 0 Å². The molecule has 2 aliphatic heterocycles. The molecule has 2 aromatic rings. The molecule has 0 aromatic carbocycles. The minimum absolute atomic E-state index is 0.00962. The highest BCUT2D eigenvalue weighted by atomic mass is 35.5. The number of H-pyrrole nitrogens is 1. The number of aromatic amines is 1. The molecule has 2 atom stereocenters. The summed E-state index contributed by atoms with van der Waals surface area (Å²) >= 11 is 5.84. The highest BCUT2D eigenvalue weighted by molar-refractivity contribution is 6.30. The van der Waals surface area contributed by atoms with Crippen LogP contribution in [0.5, 0.6) is 0 Å². The molecule has 2 aliphatic rings. The maximum absolute atomic E-state index is 12.7. The zero-order valence-corrected chi connectivity index (χ0v) is 18.1. The largest absolute Gasteiger partial charge is 0.381 e. The molecule has 31 heavy (non-hydrogen) atoms. The Morgan fingerprint density at radius 3 is 2.65 bits per heavy atom. The van der Waals surface area contributed by atoms with Crippen molar-refractivity contribution in [3.63, 3.8) is 0 Å². The number of hydrogen-bond donors (Lipinski definition) is 2. The molecule has 4 heterocycles. The molecule has 0 saturated carbocycles. The normalized spacial score (nSPS) is 21.4. The number of carbonyl (C=O) groups is 1. The minimum Gasteiger partial charge on any atom is -0.381 e. The van der Waals surface area contributed by atoms with Crippen LogP contribution in [0.1, 0.15) is 24.8 Å². The van der Waals surface area contributed by atoms with Crippen LogP contribution >= 0.6 is 11.6 Å². The summed E-state index contributed by atoms with van der Waals surface area (Å²) in [7, 11) is 0. The van der Waals surface area contributed by atoms with Gasteiger partial charge in [0.25, 0.3) is 5.56 Å². The van der Waals surface area contributed by atoms with E-state index in [0.717, 1.165) is 12.8 Å². The lowest BCUT2D eigenvalue weighted by atomic mass is 10.1. The van der Waals surface area contributed by atoms with Gasteiger partial charge in [0.15, 0.2) is 0 Å². The summed E-state index contributed by atoms with van der Waals surface area (Å²) in [4.78, 5) is 36.8. The molecule has 2 fully saturated rings. The summed E-state index contributed by atoms with van der Waals surface area (Å²) in [5, 5.41) is 9.96. The van der Waals surface area contributed by atoms with Gasteiger partial charge in [-0.25, -0.2) is 15.1 Å². The average Bonchev–Trinajstić information content (AvgIpc) is 3.22. The summed E-state index contributed by atoms with van der Waals surface area (Å²) in [5.74, 6) is 0.752. The van der Waals surface area contributed by atoms with Gasteiger partial charge in [0.1, 0.15) is 0 Å². The predicted octanol–water partition coefficient (Wildman–Crippen LogP) is 1.22. The van der Waals surface area contributed by atoms with Gasteiger partial charge < -0.3 is 19.9 Å². The van der Waals surface area contributed by atoms with E-state index in [4.69, 9.17) is 16.3 Å². The number of halogens is 1. The Morgan fingerprint density at radius 1 is 1.19 bits per heavy atom. The summed E-state index contributed by atoms with van der Waals surface area (Å²) in [6, 6.07) is 0. The van der Waals surface area contributed by atoms with Crippen molar-refractivity contribution in [2.75, 3.05) is 42.9 Å². The predicted molar refractivity (Wildman–Crippen MR) is 116 cm³/mol. The van der Waals surface area contributed by atoms with E-state index in [-0.39, 0.29) is 23.7 Å². The number of aromatic nitrogens is 4. The van der Waals surface area contributed by atoms with Crippen LogP contribution in [0.15, 0.2) is 23.4 Å². The molecule has 166 valence electrons. The molecular weight excluding hydrogens is 422 g/mol. The Balaban J connectivity index is 1.20. The first kappa shape index (κ1) is 21.5. The van der Waals surface area contributed by atoms with Crippen LogP contribution in [0.4, 0.5) is 11.6 Å². The van der Waals surface area contributed by atoms with Gasteiger partial charge in [-0.05, 0) is 19.8 Å². The second-order valence-electron chi connectivity index (χ2n) is 7.85. The van der Waals surface area contributed by atoms with Gasteiger partial charge in [0, 0.05) is 38.3 Å². The van der Waals surface area contributed by atoms with Crippen molar-refractivity contribution in [3.05, 3.63) is 39.5 Å². The summed E-state index contributed by atoms with van der Waals surface area (Å²) in [5.41, 5.74) is 1.10. The Labute approximate surface area is 185 Å². The van der Waals surface area contributed by atoms with Crippen LogP contribution in [0, 0.1) is 6.92 Å². The van der Waals surface area contributed by atoms with Crippen LogP contribution in [0.2, 0.25) is 5.02 Å². The summed E-state index contributed by atoms with van der Waals surface area (Å²) in [6.45, 7) is 4.98. The number of ether oxygens (including phenoxy) is 1. The van der Waals surface area contributed by atoms with Crippen LogP contribution in [-0.4, -0.2) is 75.9 Å². The molecular formula is C20H26ClN7O3. The zero-order valence-electron chi connectivity index (χ0n) is 17.4. The maximum Gasteiger partial charge on any atom is 0.269 e. The molecule has 1 amide bonds. The molecule has 0 unspecified atom stereocenters. The number of carbonyl (C=O) groups excluding carboxylic acids is 1. The van der Waals surface area contributed by atoms with Gasteiger partial charge in [-0.2, -0.15) is 5.10 Å². The molecule has 0 spiro atoms. The second kappa shape index (κ2) is 9.61. The number of nitrogens with zero attached hydrogens (tertiary/aromatic N) is 5. The van der Waals surface area contributed by atoms with E-state index in [1.807, 2.05) is 4.90 Å². The van der Waals surface area contributed by atoms with Crippen molar-refractivity contribution in [1.82, 2.24) is 25.1 Å². The number of nitrogens with one attached hydrogen (secondary N) is 2. The number of rotatable bonds is 6. The average molecular weight is 448 g/mol. The second-order valence-corrected chi connectivity index (χ2v) is 8.29. The number of piperazine rings is 1. The van der Waals surface area contributed by atoms with Crippen molar-refractivity contribution >= 4 is 29.1 Å². The fraction of sp³-hybridized carbons (Fsp3) is 0.550. The number of amides is 1. The molecule has 2 saturated heterocycles. The van der Waals surface area contributed by atoms with Gasteiger partial charge in [0.2, 0.25) is 11.9 Å². The third kappa shape index (κ3) is 5.31. The lowest BCUT2D eigenvalue weighted by Gasteiger charge is -2.35. The van der Waals surface area contributed by atoms with Crippen molar-refractivity contribution in [3.8, 4) is 0 Å². The van der Waals surface area contributed by atoms with E-state index in [0.29, 0.717) is 61.4 Å². The number of hydrogen-bond acceptors (Lipinski definition) is 8. The number of anilines is 2. The summed E-state index contributed by atoms with van der Waals surface area (Å²) in [6.07, 6.45) is 6.81. The molecule has 10 nitrogen and oxygen atoms in total. The summed E-state index contributed by atoms with van der Waals surface area (Å²) < 4.78 is 6.06. The smallest absolute Gasteiger partial charge is 0.269 e. The molecule has 4 rings (SSSR count). The lowest BCUT2D eigenvalue weighted by Crippen LogP contribution is -2.49. The zero-order chi connectivity index (χ0) is 21.8. The topological polar surface area (TPSA) is 116 Å². The standard InChI is InChI=1S/C20H26ClN7O3/c1-13-17(12-25-26-19(13)30)22-11-16-3-2-15(31-16)8-18(29)27-4-6-28(7-5-27)20-23-9-14(21)10-24-20/h9-10,12,15-16H,2-8,11H2,1H3,(H2,22,26,30)/t15-,16+/m1/s1. The van der Waals surface area contributed by atoms with Gasteiger partial charge in [-0.1, -0.05) is 11.6 Å². The van der Waals surface area contributed by atoms with Crippen molar-refractivity contribution in [2.24, 2.45) is 0 Å². The van der Waals surface area contributed by atoms with E-state index in [1.165, 1.54) is 0 Å². The van der Waals surface area contributed by atoms with E-state index in [9.17, 15) is 9.59 Å². The molecule has 0 bridgehead atoms. The van der Waals surface area contributed by atoms with Crippen molar-refractivity contribution in [2.45, 2.75) is 38.4 Å². The molecule has 0 aliphatic carbocycles. The maximum atomic E-state index is 12.7. The quantitative estimate of drug-likeness (QED) is 0.679. The molecule has 2 N–H and O–H groups in total. The Kier molecular flexibility index (Phi) is 6.67. The minimum atomic E-state index is -0.205. The third-order valence-corrected chi connectivity index (χ3v) is 5.94. The van der Waals surface area contributed by atoms with Gasteiger partial charge in [-0.3, -0.25) is 9.59 Å². The van der Waals surface area contributed by atoms with E-state index < -0.39 is 0 Å². The van der Waals surface area contributed by atoms with Crippen LogP contribution in [-0.2, 0) is 9.53 Å². The molecule has 0 radical (unpaired) electrons. The Hall–Kier alpha value is -2.72. The fourth-order valence-corrected chi connectivity index (χ4v) is 3.99. The van der Waals surface area contributed by atoms with E-state index >= 15 is 0 Å². The first-order chi connectivity index (χ1) is 15.0. The first-order valence-electron chi connectivity index (χ1n) is 10.4. The van der Waals surface area contributed by atoms with Gasteiger partial charge >= 0.3 is 0 Å². The fourth-order valence-electron chi connectivity index (χ4n) is 3.89. The Bertz CT molecular complexity index is 960. The molecule has 2 aromatic heterocycles. The van der Waals surface area contributed by atoms with E-state index in [1.54, 1.807) is 25.5 Å². The molecule has 11 heteroatoms. The Morgan fingerprint density at radius 2 is 1.90 bits per heavy atom. The highest BCUT2D eigenvalue weighted by Gasteiger charge is 2.30. The first-order valence-corrected chi connectivity index (χ1v) is 10.8. The van der Waals surface area contributed by atoms with Crippen molar-refractivity contribution in [1.29, 1.82) is 0 Å².